The third-order valence-corrected chi connectivity index (χ3v) is 1.47. The normalized spacial score (nSPS) is 12.0. The standard InChI is InChI=1S/C7H17NO3/c8-6-4-2-1-3-5-7(9,10)11/h9-11H,1-6,8H2. The molecule has 68 valence electrons. The second kappa shape index (κ2) is 5.49. The Hall–Kier alpha value is -0.160. The van der Waals surface area contributed by atoms with Gasteiger partial charge in [-0.3, -0.25) is 0 Å². The van der Waals surface area contributed by atoms with Gasteiger partial charge in [-0.05, 0) is 19.4 Å². The highest BCUT2D eigenvalue weighted by atomic mass is 16.7. The summed E-state index contributed by atoms with van der Waals surface area (Å²) in [6.45, 7) is 0.669. The zero-order chi connectivity index (χ0) is 8.74. The largest absolute Gasteiger partial charge is 0.344 e. The molecule has 0 bridgehead atoms. The Morgan fingerprint density at radius 2 is 1.45 bits per heavy atom. The minimum absolute atomic E-state index is 0.0115. The van der Waals surface area contributed by atoms with E-state index in [1.807, 2.05) is 0 Å². The van der Waals surface area contributed by atoms with E-state index in [0.717, 1.165) is 19.3 Å². The summed E-state index contributed by atoms with van der Waals surface area (Å²) < 4.78 is 0. The molecule has 0 rings (SSSR count). The zero-order valence-electron chi connectivity index (χ0n) is 6.66. The van der Waals surface area contributed by atoms with E-state index in [-0.39, 0.29) is 6.42 Å². The van der Waals surface area contributed by atoms with Gasteiger partial charge in [-0.25, -0.2) is 0 Å². The van der Waals surface area contributed by atoms with Crippen molar-refractivity contribution in [3.63, 3.8) is 0 Å². The van der Waals surface area contributed by atoms with Crippen LogP contribution in [0.15, 0.2) is 0 Å². The first-order valence-electron chi connectivity index (χ1n) is 3.93. The lowest BCUT2D eigenvalue weighted by Crippen LogP contribution is -2.26. The predicted molar refractivity (Wildman–Crippen MR) is 41.5 cm³/mol. The first-order chi connectivity index (χ1) is 5.06. The summed E-state index contributed by atoms with van der Waals surface area (Å²) in [6, 6.07) is 0. The van der Waals surface area contributed by atoms with Crippen LogP contribution >= 0.6 is 0 Å². The Morgan fingerprint density at radius 3 is 1.91 bits per heavy atom. The fourth-order valence-corrected chi connectivity index (χ4v) is 0.860. The highest BCUT2D eigenvalue weighted by molar-refractivity contribution is 4.49. The van der Waals surface area contributed by atoms with Gasteiger partial charge < -0.3 is 21.1 Å². The van der Waals surface area contributed by atoms with E-state index in [9.17, 15) is 0 Å². The third kappa shape index (κ3) is 9.84. The van der Waals surface area contributed by atoms with E-state index in [1.54, 1.807) is 0 Å². The van der Waals surface area contributed by atoms with Crippen LogP contribution in [0.3, 0.4) is 0 Å². The molecule has 0 spiro atoms. The molecule has 0 radical (unpaired) electrons. The van der Waals surface area contributed by atoms with E-state index >= 15 is 0 Å². The summed E-state index contributed by atoms with van der Waals surface area (Å²) in [6.07, 6.45) is 3.43. The van der Waals surface area contributed by atoms with Crippen molar-refractivity contribution in [2.24, 2.45) is 5.73 Å². The highest BCUT2D eigenvalue weighted by Crippen LogP contribution is 2.09. The Kier molecular flexibility index (Phi) is 5.41. The van der Waals surface area contributed by atoms with Crippen LogP contribution in [0.25, 0.3) is 0 Å². The lowest BCUT2D eigenvalue weighted by atomic mass is 10.1. The number of rotatable bonds is 6. The zero-order valence-corrected chi connectivity index (χ0v) is 6.66. The molecule has 0 heterocycles. The second-order valence-corrected chi connectivity index (χ2v) is 2.73. The lowest BCUT2D eigenvalue weighted by Gasteiger charge is -2.12. The van der Waals surface area contributed by atoms with E-state index in [0.29, 0.717) is 13.0 Å². The molecule has 0 fully saturated rings. The average molecular weight is 163 g/mol. The van der Waals surface area contributed by atoms with Crippen LogP contribution in [-0.2, 0) is 0 Å². The maximum Gasteiger partial charge on any atom is 0.275 e. The summed E-state index contributed by atoms with van der Waals surface area (Å²) in [5.41, 5.74) is 5.25. The summed E-state index contributed by atoms with van der Waals surface area (Å²) >= 11 is 0. The van der Waals surface area contributed by atoms with Crippen molar-refractivity contribution in [3.8, 4) is 0 Å². The molecular weight excluding hydrogens is 146 g/mol. The van der Waals surface area contributed by atoms with Crippen LogP contribution in [-0.4, -0.2) is 27.8 Å². The van der Waals surface area contributed by atoms with Crippen molar-refractivity contribution >= 4 is 0 Å². The Balaban J connectivity index is 3.02. The van der Waals surface area contributed by atoms with Crippen LogP contribution in [0.2, 0.25) is 0 Å². The molecule has 11 heavy (non-hydrogen) atoms. The van der Waals surface area contributed by atoms with Gasteiger partial charge in [-0.2, -0.15) is 0 Å². The van der Waals surface area contributed by atoms with E-state index in [1.165, 1.54) is 0 Å². The number of hydrogen-bond donors (Lipinski definition) is 4. The molecular formula is C7H17NO3. The van der Waals surface area contributed by atoms with E-state index in [2.05, 4.69) is 0 Å². The van der Waals surface area contributed by atoms with Crippen LogP contribution in [0.1, 0.15) is 32.1 Å². The minimum Gasteiger partial charge on any atom is -0.344 e. The molecule has 0 aromatic carbocycles. The molecule has 0 amide bonds. The molecule has 0 aliphatic rings. The van der Waals surface area contributed by atoms with Gasteiger partial charge in [0.1, 0.15) is 0 Å². The Morgan fingerprint density at radius 1 is 0.909 bits per heavy atom. The van der Waals surface area contributed by atoms with Gasteiger partial charge in [-0.15, -0.1) is 0 Å². The molecule has 0 unspecified atom stereocenters. The van der Waals surface area contributed by atoms with Gasteiger partial charge in [0, 0.05) is 6.42 Å². The average Bonchev–Trinajstić information content (AvgIpc) is 1.85. The number of nitrogens with two attached hydrogens (primary N) is 1. The van der Waals surface area contributed by atoms with Crippen molar-refractivity contribution in [3.05, 3.63) is 0 Å². The first-order valence-corrected chi connectivity index (χ1v) is 3.93. The van der Waals surface area contributed by atoms with Crippen molar-refractivity contribution in [2.75, 3.05) is 6.54 Å². The molecule has 0 aliphatic heterocycles. The van der Waals surface area contributed by atoms with Crippen LogP contribution < -0.4 is 5.73 Å². The smallest absolute Gasteiger partial charge is 0.275 e. The summed E-state index contributed by atoms with van der Waals surface area (Å²) in [7, 11) is 0. The number of aliphatic hydroxyl groups is 3. The van der Waals surface area contributed by atoms with Gasteiger partial charge in [0.15, 0.2) is 0 Å². The topological polar surface area (TPSA) is 86.7 Å². The van der Waals surface area contributed by atoms with Crippen molar-refractivity contribution in [1.29, 1.82) is 0 Å². The lowest BCUT2D eigenvalue weighted by molar-refractivity contribution is -0.315. The van der Waals surface area contributed by atoms with Crippen LogP contribution in [0.4, 0.5) is 0 Å². The van der Waals surface area contributed by atoms with Gasteiger partial charge in [0.05, 0.1) is 0 Å². The molecule has 4 nitrogen and oxygen atoms in total. The Labute approximate surface area is 66.7 Å². The fourth-order valence-electron chi connectivity index (χ4n) is 0.860. The van der Waals surface area contributed by atoms with Gasteiger partial charge in [0.2, 0.25) is 0 Å². The van der Waals surface area contributed by atoms with Crippen LogP contribution in [0.5, 0.6) is 0 Å². The first kappa shape index (κ1) is 10.8. The summed E-state index contributed by atoms with van der Waals surface area (Å²) in [5, 5.41) is 25.4. The monoisotopic (exact) mass is 163 g/mol. The molecule has 4 heteroatoms. The summed E-state index contributed by atoms with van der Waals surface area (Å²) in [4.78, 5) is 0. The maximum atomic E-state index is 8.46. The quantitative estimate of drug-likeness (QED) is 0.315. The Bertz CT molecular complexity index is 90.2. The second-order valence-electron chi connectivity index (χ2n) is 2.73. The number of unbranched alkanes of at least 4 members (excludes halogenated alkanes) is 3. The fraction of sp³-hybridized carbons (Fsp3) is 1.00. The van der Waals surface area contributed by atoms with E-state index < -0.39 is 5.97 Å². The molecule has 0 saturated heterocycles. The van der Waals surface area contributed by atoms with Gasteiger partial charge in [0.25, 0.3) is 5.97 Å². The highest BCUT2D eigenvalue weighted by Gasteiger charge is 2.16. The van der Waals surface area contributed by atoms with Crippen molar-refractivity contribution in [1.82, 2.24) is 0 Å². The SMILES string of the molecule is NCCCCCCC(O)(O)O. The predicted octanol–water partition coefficient (Wildman–Crippen LogP) is -0.474. The molecule has 5 N–H and O–H groups in total. The third-order valence-electron chi connectivity index (χ3n) is 1.47. The van der Waals surface area contributed by atoms with E-state index in [4.69, 9.17) is 21.1 Å². The van der Waals surface area contributed by atoms with Crippen LogP contribution in [0, 0.1) is 0 Å². The van der Waals surface area contributed by atoms with Gasteiger partial charge in [-0.1, -0.05) is 12.8 Å². The number of hydrogen-bond acceptors (Lipinski definition) is 4. The minimum atomic E-state index is -2.48. The molecule has 0 aromatic rings. The molecule has 0 atom stereocenters. The van der Waals surface area contributed by atoms with Crippen molar-refractivity contribution in [2.45, 2.75) is 38.1 Å². The van der Waals surface area contributed by atoms with Gasteiger partial charge >= 0.3 is 0 Å². The molecule has 0 aromatic heterocycles. The molecule has 0 saturated carbocycles. The molecule has 0 aliphatic carbocycles. The summed E-state index contributed by atoms with van der Waals surface area (Å²) in [5.74, 6) is -2.48. The maximum absolute atomic E-state index is 8.46. The van der Waals surface area contributed by atoms with Crippen molar-refractivity contribution < 1.29 is 15.3 Å².